The fraction of sp³-hybridized carbons (Fsp3) is 0.636. The van der Waals surface area contributed by atoms with Crippen molar-refractivity contribution in [2.75, 3.05) is 0 Å². The van der Waals surface area contributed by atoms with Gasteiger partial charge in [-0.15, -0.1) is 0 Å². The van der Waals surface area contributed by atoms with Gasteiger partial charge in [-0.2, -0.15) is 0 Å². The van der Waals surface area contributed by atoms with Crippen LogP contribution in [0.1, 0.15) is 39.0 Å². The van der Waals surface area contributed by atoms with E-state index in [0.29, 0.717) is 0 Å². The largest absolute Gasteiger partial charge is 0.0991 e. The zero-order valence-corrected chi connectivity index (χ0v) is 7.47. The lowest BCUT2D eigenvalue weighted by Gasteiger charge is -1.98. The maximum Gasteiger partial charge on any atom is -0.0320 e. The van der Waals surface area contributed by atoms with E-state index in [4.69, 9.17) is 0 Å². The van der Waals surface area contributed by atoms with E-state index in [2.05, 4.69) is 19.6 Å². The van der Waals surface area contributed by atoms with Crippen LogP contribution in [0.2, 0.25) is 0 Å². The number of allylic oxidation sites excluding steroid dienone is 3. The summed E-state index contributed by atoms with van der Waals surface area (Å²) >= 11 is 0. The summed E-state index contributed by atoms with van der Waals surface area (Å²) in [6.45, 7) is 5.87. The zero-order valence-electron chi connectivity index (χ0n) is 7.47. The van der Waals surface area contributed by atoms with Crippen molar-refractivity contribution in [2.24, 2.45) is 5.92 Å². The van der Waals surface area contributed by atoms with Crippen LogP contribution in [-0.4, -0.2) is 0 Å². The van der Waals surface area contributed by atoms with Gasteiger partial charge in [0.1, 0.15) is 0 Å². The number of rotatable bonds is 5. The minimum atomic E-state index is 1.09. The fourth-order valence-electron chi connectivity index (χ4n) is 1.36. The molecule has 0 amide bonds. The second-order valence-electron chi connectivity index (χ2n) is 3.58. The molecule has 1 fully saturated rings. The van der Waals surface area contributed by atoms with E-state index in [1.54, 1.807) is 0 Å². The monoisotopic (exact) mass is 150 g/mol. The van der Waals surface area contributed by atoms with Crippen LogP contribution in [0.25, 0.3) is 0 Å². The Kier molecular flexibility index (Phi) is 3.41. The first-order chi connectivity index (χ1) is 5.33. The Bertz CT molecular complexity index is 149. The van der Waals surface area contributed by atoms with Crippen molar-refractivity contribution < 1.29 is 0 Å². The van der Waals surface area contributed by atoms with Gasteiger partial charge in [0, 0.05) is 0 Å². The van der Waals surface area contributed by atoms with E-state index < -0.39 is 0 Å². The SMILES string of the molecule is C=CC=C(C)CCCC1CC1. The highest BCUT2D eigenvalue weighted by Crippen LogP contribution is 2.34. The summed E-state index contributed by atoms with van der Waals surface area (Å²) in [6, 6.07) is 0. The lowest BCUT2D eigenvalue weighted by atomic mass is 10.1. The highest BCUT2D eigenvalue weighted by molar-refractivity contribution is 5.07. The molecule has 0 unspecified atom stereocenters. The first kappa shape index (κ1) is 8.58. The average Bonchev–Trinajstić information content (AvgIpc) is 2.72. The lowest BCUT2D eigenvalue weighted by Crippen LogP contribution is -1.80. The van der Waals surface area contributed by atoms with Gasteiger partial charge in [0.2, 0.25) is 0 Å². The molecule has 0 aromatic carbocycles. The van der Waals surface area contributed by atoms with Crippen LogP contribution in [0, 0.1) is 5.92 Å². The summed E-state index contributed by atoms with van der Waals surface area (Å²) in [4.78, 5) is 0. The van der Waals surface area contributed by atoms with Gasteiger partial charge in [-0.25, -0.2) is 0 Å². The molecule has 0 aromatic rings. The van der Waals surface area contributed by atoms with E-state index in [-0.39, 0.29) is 0 Å². The average molecular weight is 150 g/mol. The molecule has 0 spiro atoms. The van der Waals surface area contributed by atoms with Crippen LogP contribution in [0.3, 0.4) is 0 Å². The maximum atomic E-state index is 3.68. The second-order valence-corrected chi connectivity index (χ2v) is 3.58. The van der Waals surface area contributed by atoms with Gasteiger partial charge in [0.05, 0.1) is 0 Å². The molecule has 0 saturated heterocycles. The third-order valence-corrected chi connectivity index (χ3v) is 2.28. The summed E-state index contributed by atoms with van der Waals surface area (Å²) in [5.74, 6) is 1.09. The van der Waals surface area contributed by atoms with Gasteiger partial charge in [-0.3, -0.25) is 0 Å². The Hall–Kier alpha value is -0.520. The van der Waals surface area contributed by atoms with Crippen LogP contribution in [0.4, 0.5) is 0 Å². The van der Waals surface area contributed by atoms with Crippen LogP contribution in [0.15, 0.2) is 24.3 Å². The van der Waals surface area contributed by atoms with E-state index in [1.165, 1.54) is 37.7 Å². The molecule has 1 rings (SSSR count). The quantitative estimate of drug-likeness (QED) is 0.524. The summed E-state index contributed by atoms with van der Waals surface area (Å²) in [5, 5.41) is 0. The highest BCUT2D eigenvalue weighted by atomic mass is 14.3. The maximum absolute atomic E-state index is 3.68. The molecule has 1 aliphatic rings. The summed E-state index contributed by atoms with van der Waals surface area (Å²) < 4.78 is 0. The Balaban J connectivity index is 2.00. The molecule has 11 heavy (non-hydrogen) atoms. The van der Waals surface area contributed by atoms with Crippen molar-refractivity contribution in [3.8, 4) is 0 Å². The van der Waals surface area contributed by atoms with Crippen molar-refractivity contribution in [3.05, 3.63) is 24.3 Å². The topological polar surface area (TPSA) is 0 Å². The Morgan fingerprint density at radius 3 is 2.82 bits per heavy atom. The summed E-state index contributed by atoms with van der Waals surface area (Å²) in [5.41, 5.74) is 1.47. The normalized spacial score (nSPS) is 18.5. The van der Waals surface area contributed by atoms with E-state index in [9.17, 15) is 0 Å². The third kappa shape index (κ3) is 4.02. The Morgan fingerprint density at radius 1 is 1.55 bits per heavy atom. The lowest BCUT2D eigenvalue weighted by molar-refractivity contribution is 0.664. The molecule has 0 nitrogen and oxygen atoms in total. The van der Waals surface area contributed by atoms with Crippen molar-refractivity contribution >= 4 is 0 Å². The molecular formula is C11H18. The zero-order chi connectivity index (χ0) is 8.10. The highest BCUT2D eigenvalue weighted by Gasteiger charge is 2.19. The molecular weight excluding hydrogens is 132 g/mol. The first-order valence-corrected chi connectivity index (χ1v) is 4.61. The predicted octanol–water partition coefficient (Wildman–Crippen LogP) is 3.70. The summed E-state index contributed by atoms with van der Waals surface area (Å²) in [7, 11) is 0. The van der Waals surface area contributed by atoms with Crippen LogP contribution in [-0.2, 0) is 0 Å². The number of hydrogen-bond acceptors (Lipinski definition) is 0. The molecule has 1 aliphatic carbocycles. The van der Waals surface area contributed by atoms with Gasteiger partial charge >= 0.3 is 0 Å². The predicted molar refractivity (Wildman–Crippen MR) is 50.5 cm³/mol. The molecule has 0 heterocycles. The van der Waals surface area contributed by atoms with Crippen LogP contribution < -0.4 is 0 Å². The van der Waals surface area contributed by atoms with Gasteiger partial charge in [0.15, 0.2) is 0 Å². The fourth-order valence-corrected chi connectivity index (χ4v) is 1.36. The molecule has 0 aliphatic heterocycles. The molecule has 0 heteroatoms. The molecule has 0 aromatic heterocycles. The third-order valence-electron chi connectivity index (χ3n) is 2.28. The van der Waals surface area contributed by atoms with Crippen molar-refractivity contribution in [1.82, 2.24) is 0 Å². The smallest absolute Gasteiger partial charge is 0.0320 e. The molecule has 62 valence electrons. The van der Waals surface area contributed by atoms with E-state index >= 15 is 0 Å². The molecule has 0 bridgehead atoms. The minimum absolute atomic E-state index is 1.09. The van der Waals surface area contributed by atoms with Crippen LogP contribution in [0.5, 0.6) is 0 Å². The minimum Gasteiger partial charge on any atom is -0.0991 e. The Labute approximate surface area is 70.0 Å². The standard InChI is InChI=1S/C11H18/c1-3-5-10(2)6-4-7-11-8-9-11/h3,5,11H,1,4,6-9H2,2H3. The van der Waals surface area contributed by atoms with Crippen molar-refractivity contribution in [1.29, 1.82) is 0 Å². The molecule has 1 saturated carbocycles. The first-order valence-electron chi connectivity index (χ1n) is 4.61. The molecule has 0 N–H and O–H groups in total. The van der Waals surface area contributed by atoms with E-state index in [0.717, 1.165) is 5.92 Å². The van der Waals surface area contributed by atoms with Crippen molar-refractivity contribution in [2.45, 2.75) is 39.0 Å². The number of hydrogen-bond donors (Lipinski definition) is 0. The van der Waals surface area contributed by atoms with Gasteiger partial charge in [-0.1, -0.05) is 43.6 Å². The van der Waals surface area contributed by atoms with Gasteiger partial charge < -0.3 is 0 Å². The molecule has 0 radical (unpaired) electrons. The summed E-state index contributed by atoms with van der Waals surface area (Å²) in [6.07, 6.45) is 11.1. The Morgan fingerprint density at radius 2 is 2.27 bits per heavy atom. The van der Waals surface area contributed by atoms with Gasteiger partial charge in [-0.05, 0) is 25.7 Å². The molecule has 0 atom stereocenters. The second kappa shape index (κ2) is 4.38. The van der Waals surface area contributed by atoms with Crippen molar-refractivity contribution in [3.63, 3.8) is 0 Å². The van der Waals surface area contributed by atoms with Gasteiger partial charge in [0.25, 0.3) is 0 Å². The van der Waals surface area contributed by atoms with E-state index in [1.807, 2.05) is 6.08 Å². The van der Waals surface area contributed by atoms with Crippen LogP contribution >= 0.6 is 0 Å².